The van der Waals surface area contributed by atoms with Gasteiger partial charge in [0.2, 0.25) is 5.91 Å². The molecule has 24 heavy (non-hydrogen) atoms. The third-order valence-electron chi connectivity index (χ3n) is 5.50. The number of rotatable bonds is 5. The summed E-state index contributed by atoms with van der Waals surface area (Å²) in [5.41, 5.74) is 2.71. The number of carbonyl (C=O) groups excluding carboxylic acids is 2. The van der Waals surface area contributed by atoms with Gasteiger partial charge in [0.15, 0.2) is 5.78 Å². The fraction of sp³-hybridized carbons (Fsp3) is 0.600. The van der Waals surface area contributed by atoms with Crippen molar-refractivity contribution < 1.29 is 9.59 Å². The Bertz CT molecular complexity index is 622. The summed E-state index contributed by atoms with van der Waals surface area (Å²) in [5.74, 6) is 0.888. The molecule has 0 N–H and O–H groups in total. The van der Waals surface area contributed by atoms with E-state index in [9.17, 15) is 9.59 Å². The Balaban J connectivity index is 1.68. The molecule has 1 aliphatic carbocycles. The largest absolute Gasteiger partial charge is 0.309 e. The van der Waals surface area contributed by atoms with E-state index >= 15 is 0 Å². The van der Waals surface area contributed by atoms with Crippen LogP contribution in [0.4, 0.5) is 5.69 Å². The van der Waals surface area contributed by atoms with E-state index in [1.807, 2.05) is 17.0 Å². The number of Topliss-reactive ketones (excluding diaryl/α,β-unsaturated/α-hetero) is 1. The smallest absolute Gasteiger partial charge is 0.227 e. The van der Waals surface area contributed by atoms with Crippen LogP contribution in [0.15, 0.2) is 18.2 Å². The Morgan fingerprint density at radius 1 is 1.21 bits per heavy atom. The first-order chi connectivity index (χ1) is 11.6. The zero-order chi connectivity index (χ0) is 17.1. The van der Waals surface area contributed by atoms with Crippen molar-refractivity contribution in [3.63, 3.8) is 0 Å². The quantitative estimate of drug-likeness (QED) is 0.569. The van der Waals surface area contributed by atoms with Gasteiger partial charge < -0.3 is 4.90 Å². The highest BCUT2D eigenvalue weighted by atomic mass is 35.5. The minimum absolute atomic E-state index is 0.00161. The third-order valence-corrected chi connectivity index (χ3v) is 5.74. The fourth-order valence-corrected chi connectivity index (χ4v) is 4.34. The number of hydrogen-bond acceptors (Lipinski definition) is 2. The van der Waals surface area contributed by atoms with Crippen molar-refractivity contribution in [1.29, 1.82) is 0 Å². The summed E-state index contributed by atoms with van der Waals surface area (Å²) in [5, 5.41) is 0. The first kappa shape index (κ1) is 17.5. The zero-order valence-electron chi connectivity index (χ0n) is 14.4. The summed E-state index contributed by atoms with van der Waals surface area (Å²) in [6, 6.07) is 5.78. The molecular formula is C20H26ClNO2. The van der Waals surface area contributed by atoms with Crippen LogP contribution in [0.3, 0.4) is 0 Å². The van der Waals surface area contributed by atoms with Crippen LogP contribution in [0, 0.1) is 5.92 Å². The van der Waals surface area contributed by atoms with Crippen LogP contribution in [0.25, 0.3) is 0 Å². The lowest BCUT2D eigenvalue weighted by molar-refractivity contribution is -0.119. The van der Waals surface area contributed by atoms with Gasteiger partial charge in [0.1, 0.15) is 0 Å². The second-order valence-corrected chi connectivity index (χ2v) is 7.53. The minimum Gasteiger partial charge on any atom is -0.309 e. The van der Waals surface area contributed by atoms with Crippen molar-refractivity contribution >= 4 is 29.0 Å². The van der Waals surface area contributed by atoms with Crippen molar-refractivity contribution in [1.82, 2.24) is 0 Å². The van der Waals surface area contributed by atoms with Crippen molar-refractivity contribution in [2.75, 3.05) is 10.8 Å². The van der Waals surface area contributed by atoms with Crippen molar-refractivity contribution in [3.8, 4) is 0 Å². The molecule has 1 fully saturated rings. The van der Waals surface area contributed by atoms with E-state index in [1.54, 1.807) is 6.07 Å². The zero-order valence-corrected chi connectivity index (χ0v) is 15.1. The molecule has 1 unspecified atom stereocenters. The topological polar surface area (TPSA) is 37.4 Å². The number of alkyl halides is 1. The summed E-state index contributed by atoms with van der Waals surface area (Å²) in [6.07, 6.45) is 9.01. The summed E-state index contributed by atoms with van der Waals surface area (Å²) in [7, 11) is 0. The maximum Gasteiger partial charge on any atom is 0.227 e. The predicted octanol–water partition coefficient (Wildman–Crippen LogP) is 4.75. The number of fused-ring (bicyclic) bond motifs is 1. The molecule has 3 nitrogen and oxygen atoms in total. The van der Waals surface area contributed by atoms with Crippen LogP contribution in [-0.2, 0) is 11.2 Å². The van der Waals surface area contributed by atoms with E-state index in [4.69, 9.17) is 11.6 Å². The maximum absolute atomic E-state index is 12.8. The second-order valence-electron chi connectivity index (χ2n) is 7.26. The average Bonchev–Trinajstić information content (AvgIpc) is 2.94. The van der Waals surface area contributed by atoms with Crippen molar-refractivity contribution in [2.45, 2.75) is 64.3 Å². The van der Waals surface area contributed by atoms with Crippen LogP contribution in [0.1, 0.15) is 67.8 Å². The Hall–Kier alpha value is -1.35. The van der Waals surface area contributed by atoms with Crippen molar-refractivity contribution in [3.05, 3.63) is 29.3 Å². The van der Waals surface area contributed by atoms with E-state index in [2.05, 4.69) is 6.92 Å². The maximum atomic E-state index is 12.8. The van der Waals surface area contributed by atoms with Gasteiger partial charge in [-0.05, 0) is 49.4 Å². The Morgan fingerprint density at radius 3 is 2.67 bits per heavy atom. The molecule has 2 aliphatic rings. The van der Waals surface area contributed by atoms with E-state index < -0.39 is 0 Å². The van der Waals surface area contributed by atoms with E-state index in [0.717, 1.165) is 30.0 Å². The summed E-state index contributed by atoms with van der Waals surface area (Å²) < 4.78 is 0. The molecule has 3 rings (SSSR count). The van der Waals surface area contributed by atoms with Crippen LogP contribution >= 0.6 is 11.6 Å². The summed E-state index contributed by atoms with van der Waals surface area (Å²) in [4.78, 5) is 26.5. The van der Waals surface area contributed by atoms with Gasteiger partial charge in [-0.15, -0.1) is 11.6 Å². The second kappa shape index (κ2) is 7.69. The molecule has 0 aromatic heterocycles. The number of hydrogen-bond donors (Lipinski definition) is 0. The van der Waals surface area contributed by atoms with Gasteiger partial charge in [0, 0.05) is 23.7 Å². The first-order valence-corrected chi connectivity index (χ1v) is 9.67. The molecule has 1 heterocycles. The Morgan fingerprint density at radius 2 is 1.96 bits per heavy atom. The van der Waals surface area contributed by atoms with E-state index in [-0.39, 0.29) is 23.6 Å². The number of amides is 1. The lowest BCUT2D eigenvalue weighted by Gasteiger charge is -2.25. The van der Waals surface area contributed by atoms with Gasteiger partial charge in [-0.1, -0.05) is 32.1 Å². The van der Waals surface area contributed by atoms with Gasteiger partial charge in [-0.3, -0.25) is 9.59 Å². The molecule has 1 aromatic rings. The summed E-state index contributed by atoms with van der Waals surface area (Å²) >= 11 is 5.65. The molecule has 1 atom stereocenters. The highest BCUT2D eigenvalue weighted by molar-refractivity contribution is 6.30. The average molecular weight is 348 g/mol. The molecule has 0 radical (unpaired) electrons. The SMILES string of the molecule is CC1Cc2cc(C(=O)CCl)ccc2N1C(=O)CCC1CCCCC1. The van der Waals surface area contributed by atoms with Gasteiger partial charge >= 0.3 is 0 Å². The predicted molar refractivity (Wildman–Crippen MR) is 98.0 cm³/mol. The molecule has 4 heteroatoms. The monoisotopic (exact) mass is 347 g/mol. The highest BCUT2D eigenvalue weighted by Gasteiger charge is 2.31. The van der Waals surface area contributed by atoms with E-state index in [1.165, 1.54) is 32.1 Å². The molecule has 130 valence electrons. The molecule has 0 bridgehead atoms. The number of nitrogens with zero attached hydrogens (tertiary/aromatic N) is 1. The first-order valence-electron chi connectivity index (χ1n) is 9.14. The number of ketones is 1. The number of carbonyl (C=O) groups is 2. The lowest BCUT2D eigenvalue weighted by Crippen LogP contribution is -2.35. The summed E-state index contributed by atoms with van der Waals surface area (Å²) in [6.45, 7) is 2.08. The number of halogens is 1. The molecule has 1 amide bonds. The molecule has 1 aromatic carbocycles. The molecule has 1 aliphatic heterocycles. The third kappa shape index (κ3) is 3.66. The number of benzene rings is 1. The van der Waals surface area contributed by atoms with Crippen LogP contribution in [0.2, 0.25) is 0 Å². The number of anilines is 1. The normalized spacial score (nSPS) is 20.9. The van der Waals surface area contributed by atoms with Gasteiger partial charge in [0.25, 0.3) is 0 Å². The molecule has 0 spiro atoms. The van der Waals surface area contributed by atoms with Crippen LogP contribution in [-0.4, -0.2) is 23.6 Å². The Labute approximate surface area is 149 Å². The van der Waals surface area contributed by atoms with Gasteiger partial charge in [-0.2, -0.15) is 0 Å². The lowest BCUT2D eigenvalue weighted by atomic mass is 9.86. The van der Waals surface area contributed by atoms with Gasteiger partial charge in [0.05, 0.1) is 5.88 Å². The van der Waals surface area contributed by atoms with Crippen LogP contribution < -0.4 is 4.90 Å². The minimum atomic E-state index is -0.0609. The van der Waals surface area contributed by atoms with E-state index in [0.29, 0.717) is 12.0 Å². The van der Waals surface area contributed by atoms with Crippen LogP contribution in [0.5, 0.6) is 0 Å². The highest BCUT2D eigenvalue weighted by Crippen LogP contribution is 2.35. The standard InChI is InChI=1S/C20H26ClNO2/c1-14-11-17-12-16(19(23)13-21)8-9-18(17)22(14)20(24)10-7-15-5-3-2-4-6-15/h8-9,12,14-15H,2-7,10-11,13H2,1H3. The molecule has 0 saturated heterocycles. The van der Waals surface area contributed by atoms with Crippen molar-refractivity contribution in [2.24, 2.45) is 5.92 Å². The Kier molecular flexibility index (Phi) is 5.60. The van der Waals surface area contributed by atoms with Gasteiger partial charge in [-0.25, -0.2) is 0 Å². The molecular weight excluding hydrogens is 322 g/mol. The fourth-order valence-electron chi connectivity index (χ4n) is 4.19. The molecule has 1 saturated carbocycles.